The van der Waals surface area contributed by atoms with Crippen molar-refractivity contribution in [2.24, 2.45) is 11.8 Å². The van der Waals surface area contributed by atoms with Crippen LogP contribution in [0, 0.1) is 11.8 Å². The van der Waals surface area contributed by atoms with Gasteiger partial charge in [0.05, 0.1) is 19.2 Å². The summed E-state index contributed by atoms with van der Waals surface area (Å²) < 4.78 is 0. The van der Waals surface area contributed by atoms with Crippen LogP contribution in [0.15, 0.2) is 0 Å². The van der Waals surface area contributed by atoms with Gasteiger partial charge >= 0.3 is 5.97 Å². The van der Waals surface area contributed by atoms with E-state index in [9.17, 15) is 33.9 Å². The fraction of sp³-hybridized carbons (Fsp3) is 0.760. The Morgan fingerprint density at radius 1 is 0.795 bits per heavy atom. The van der Waals surface area contributed by atoms with E-state index in [1.54, 1.807) is 0 Å². The van der Waals surface area contributed by atoms with Crippen molar-refractivity contribution in [1.82, 2.24) is 31.9 Å². The van der Waals surface area contributed by atoms with E-state index in [0.29, 0.717) is 12.8 Å². The molecule has 0 unspecified atom stereocenters. The van der Waals surface area contributed by atoms with Crippen molar-refractivity contribution in [3.8, 4) is 0 Å². The van der Waals surface area contributed by atoms with Gasteiger partial charge in [-0.25, -0.2) is 0 Å². The monoisotopic (exact) mass is 556 g/mol. The maximum absolute atomic E-state index is 12.8. The van der Waals surface area contributed by atoms with Crippen LogP contribution < -0.4 is 31.9 Å². The lowest BCUT2D eigenvalue weighted by Gasteiger charge is -2.24. The first-order valence-electron chi connectivity index (χ1n) is 13.3. The number of aliphatic hydroxyl groups excluding tert-OH is 1. The van der Waals surface area contributed by atoms with Crippen molar-refractivity contribution in [2.75, 3.05) is 19.7 Å². The van der Waals surface area contributed by atoms with Gasteiger partial charge in [-0.1, -0.05) is 27.7 Å². The minimum Gasteiger partial charge on any atom is -0.480 e. The SMILES string of the molecule is CC(C)C[C@H](NC(=O)CNC(=O)[C@H](CC(C)C)NC(=O)[C@@H]1CCCN1)C(=O)N[C@@H](CO)C(=O)N[C@@H](C)C(=O)O. The average molecular weight is 557 g/mol. The largest absolute Gasteiger partial charge is 0.480 e. The Morgan fingerprint density at radius 2 is 1.36 bits per heavy atom. The number of aliphatic carboxylic acids is 1. The number of aliphatic hydroxyl groups is 1. The van der Waals surface area contributed by atoms with E-state index in [2.05, 4.69) is 31.9 Å². The fourth-order valence-corrected chi connectivity index (χ4v) is 3.96. The van der Waals surface area contributed by atoms with Crippen molar-refractivity contribution >= 4 is 35.5 Å². The molecule has 1 saturated heterocycles. The Hall–Kier alpha value is -3.26. The van der Waals surface area contributed by atoms with Gasteiger partial charge in [-0.15, -0.1) is 0 Å². The summed E-state index contributed by atoms with van der Waals surface area (Å²) in [5.74, 6) is -4.35. The number of carbonyl (C=O) groups is 6. The summed E-state index contributed by atoms with van der Waals surface area (Å²) in [6.07, 6.45) is 2.11. The Morgan fingerprint density at radius 3 is 1.85 bits per heavy atom. The number of hydrogen-bond donors (Lipinski definition) is 8. The molecule has 0 saturated carbocycles. The zero-order valence-corrected chi connectivity index (χ0v) is 23.3. The molecular formula is C25H44N6O8. The van der Waals surface area contributed by atoms with Crippen LogP contribution in [-0.4, -0.2) is 95.6 Å². The van der Waals surface area contributed by atoms with Gasteiger partial charge in [-0.2, -0.15) is 0 Å². The molecule has 14 nitrogen and oxygen atoms in total. The van der Waals surface area contributed by atoms with Crippen LogP contribution in [0.4, 0.5) is 0 Å². The molecule has 39 heavy (non-hydrogen) atoms. The molecule has 1 rings (SSSR count). The van der Waals surface area contributed by atoms with Crippen LogP contribution >= 0.6 is 0 Å². The standard InChI is InChI=1S/C25H44N6O8/c1-13(2)9-17(30-22(35)16-7-6-8-26-16)21(34)27-11-20(33)29-18(10-14(3)4)23(36)31-19(12-32)24(37)28-15(5)25(38)39/h13-19,26,32H,6-12H2,1-5H3,(H,27,34)(H,28,37)(H,29,33)(H,30,35)(H,31,36)(H,38,39)/t15-,16-,17-,18-,19-/m0/s1. The summed E-state index contributed by atoms with van der Waals surface area (Å²) in [4.78, 5) is 74.0. The van der Waals surface area contributed by atoms with E-state index in [0.717, 1.165) is 13.0 Å². The summed E-state index contributed by atoms with van der Waals surface area (Å²) in [7, 11) is 0. The smallest absolute Gasteiger partial charge is 0.325 e. The zero-order chi connectivity index (χ0) is 29.7. The molecule has 222 valence electrons. The number of carboxylic acid groups (broad SMARTS) is 1. The minimum absolute atomic E-state index is 0.0427. The lowest BCUT2D eigenvalue weighted by atomic mass is 10.0. The number of hydrogen-bond acceptors (Lipinski definition) is 8. The Balaban J connectivity index is 2.76. The van der Waals surface area contributed by atoms with E-state index >= 15 is 0 Å². The summed E-state index contributed by atoms with van der Waals surface area (Å²) >= 11 is 0. The molecule has 8 N–H and O–H groups in total. The van der Waals surface area contributed by atoms with Crippen LogP contribution in [0.25, 0.3) is 0 Å². The average Bonchev–Trinajstić information content (AvgIpc) is 3.39. The van der Waals surface area contributed by atoms with E-state index in [1.165, 1.54) is 6.92 Å². The Kier molecular flexibility index (Phi) is 14.4. The highest BCUT2D eigenvalue weighted by molar-refractivity contribution is 5.95. The minimum atomic E-state index is -1.43. The van der Waals surface area contributed by atoms with Crippen molar-refractivity contribution < 1.29 is 39.0 Å². The van der Waals surface area contributed by atoms with Gasteiger partial charge in [0.15, 0.2) is 0 Å². The van der Waals surface area contributed by atoms with E-state index in [1.807, 2.05) is 27.7 Å². The summed E-state index contributed by atoms with van der Waals surface area (Å²) in [5, 5.41) is 33.8. The fourth-order valence-electron chi connectivity index (χ4n) is 3.96. The maximum Gasteiger partial charge on any atom is 0.325 e. The van der Waals surface area contributed by atoms with Gasteiger partial charge in [-0.3, -0.25) is 28.8 Å². The van der Waals surface area contributed by atoms with Gasteiger partial charge in [0.1, 0.15) is 24.2 Å². The quantitative estimate of drug-likeness (QED) is 0.105. The number of carbonyl (C=O) groups excluding carboxylic acids is 5. The van der Waals surface area contributed by atoms with E-state index in [4.69, 9.17) is 5.11 Å². The van der Waals surface area contributed by atoms with E-state index < -0.39 is 66.9 Å². The zero-order valence-electron chi connectivity index (χ0n) is 23.3. The lowest BCUT2D eigenvalue weighted by molar-refractivity contribution is -0.142. The van der Waals surface area contributed by atoms with Crippen molar-refractivity contribution in [3.05, 3.63) is 0 Å². The first-order chi connectivity index (χ1) is 18.2. The summed E-state index contributed by atoms with van der Waals surface area (Å²) in [6, 6.07) is -4.95. The number of amides is 5. The van der Waals surface area contributed by atoms with Crippen molar-refractivity contribution in [1.29, 1.82) is 0 Å². The van der Waals surface area contributed by atoms with E-state index in [-0.39, 0.29) is 30.2 Å². The highest BCUT2D eigenvalue weighted by Crippen LogP contribution is 2.09. The molecule has 0 aromatic rings. The first kappa shape index (κ1) is 33.8. The lowest BCUT2D eigenvalue weighted by Crippen LogP contribution is -2.57. The molecule has 5 atom stereocenters. The van der Waals surface area contributed by atoms with Gasteiger partial charge in [0.25, 0.3) is 0 Å². The summed E-state index contributed by atoms with van der Waals surface area (Å²) in [6.45, 7) is 8.17. The number of nitrogens with one attached hydrogen (secondary N) is 6. The molecule has 14 heteroatoms. The molecule has 1 heterocycles. The Bertz CT molecular complexity index is 875. The van der Waals surface area contributed by atoms with Gasteiger partial charge in [0, 0.05) is 0 Å². The van der Waals surface area contributed by atoms with Crippen molar-refractivity contribution in [2.45, 2.75) is 90.5 Å². The molecule has 0 aromatic heterocycles. The molecular weight excluding hydrogens is 512 g/mol. The van der Waals surface area contributed by atoms with Crippen LogP contribution in [0.3, 0.4) is 0 Å². The molecule has 1 aliphatic rings. The van der Waals surface area contributed by atoms with Crippen LogP contribution in [-0.2, 0) is 28.8 Å². The molecule has 0 aliphatic carbocycles. The molecule has 0 radical (unpaired) electrons. The first-order valence-corrected chi connectivity index (χ1v) is 13.3. The number of rotatable bonds is 16. The van der Waals surface area contributed by atoms with Crippen LogP contribution in [0.1, 0.15) is 60.3 Å². The molecule has 0 spiro atoms. The third-order valence-corrected chi connectivity index (χ3v) is 6.04. The molecule has 0 aromatic carbocycles. The molecule has 0 bridgehead atoms. The molecule has 1 fully saturated rings. The highest BCUT2D eigenvalue weighted by Gasteiger charge is 2.30. The normalized spacial score (nSPS) is 18.0. The second kappa shape index (κ2) is 16.6. The predicted molar refractivity (Wildman–Crippen MR) is 141 cm³/mol. The highest BCUT2D eigenvalue weighted by atomic mass is 16.4. The topological polar surface area (TPSA) is 215 Å². The molecule has 1 aliphatic heterocycles. The third-order valence-electron chi connectivity index (χ3n) is 6.04. The molecule has 5 amide bonds. The van der Waals surface area contributed by atoms with Crippen LogP contribution in [0.5, 0.6) is 0 Å². The summed E-state index contributed by atoms with van der Waals surface area (Å²) in [5.41, 5.74) is 0. The second-order valence-corrected chi connectivity index (χ2v) is 10.6. The van der Waals surface area contributed by atoms with Gasteiger partial charge < -0.3 is 42.1 Å². The third kappa shape index (κ3) is 12.4. The van der Waals surface area contributed by atoms with Crippen molar-refractivity contribution in [3.63, 3.8) is 0 Å². The predicted octanol–water partition coefficient (Wildman–Crippen LogP) is -2.02. The number of carboxylic acids is 1. The Labute approximate surface area is 228 Å². The second-order valence-electron chi connectivity index (χ2n) is 10.6. The van der Waals surface area contributed by atoms with Gasteiger partial charge in [0.2, 0.25) is 29.5 Å². The van der Waals surface area contributed by atoms with Gasteiger partial charge in [-0.05, 0) is 51.0 Å². The maximum atomic E-state index is 12.8. The van der Waals surface area contributed by atoms with Crippen LogP contribution in [0.2, 0.25) is 0 Å².